The predicted molar refractivity (Wildman–Crippen MR) is 52.7 cm³/mol. The van der Waals surface area contributed by atoms with Crippen molar-refractivity contribution in [2.75, 3.05) is 7.11 Å². The predicted octanol–water partition coefficient (Wildman–Crippen LogP) is 0.663. The first kappa shape index (κ1) is 10.7. The van der Waals surface area contributed by atoms with E-state index in [2.05, 4.69) is 4.74 Å². The molecule has 1 atom stereocenters. The Bertz CT molecular complexity index is 367. The molecule has 0 spiro atoms. The largest absolute Gasteiger partial charge is 0.468 e. The van der Waals surface area contributed by atoms with Crippen molar-refractivity contribution in [3.63, 3.8) is 0 Å². The molecule has 0 saturated heterocycles. The molecule has 0 unspecified atom stereocenters. The van der Waals surface area contributed by atoms with Crippen molar-refractivity contribution in [1.82, 2.24) is 0 Å². The number of nitriles is 1. The smallest absolute Gasteiger partial charge is 0.322 e. The second-order valence-electron chi connectivity index (χ2n) is 2.76. The molecule has 0 amide bonds. The monoisotopic (exact) mass is 210 g/mol. The van der Waals surface area contributed by atoms with Gasteiger partial charge in [0.2, 0.25) is 0 Å². The first-order valence-corrected chi connectivity index (χ1v) is 4.86. The Labute approximate surface area is 85.9 Å². The summed E-state index contributed by atoms with van der Waals surface area (Å²) in [6.45, 7) is 0. The molecule has 0 saturated carbocycles. The molecule has 0 aromatic carbocycles. The second kappa shape index (κ2) is 4.74. The van der Waals surface area contributed by atoms with E-state index in [1.807, 2.05) is 11.4 Å². The summed E-state index contributed by atoms with van der Waals surface area (Å²) in [4.78, 5) is 11.6. The van der Waals surface area contributed by atoms with Gasteiger partial charge in [0.05, 0.1) is 7.11 Å². The SMILES string of the molecule is COC(=O)[C@@H](N)Cc1csc(C#N)c1. The van der Waals surface area contributed by atoms with E-state index in [1.54, 1.807) is 6.07 Å². The topological polar surface area (TPSA) is 76.1 Å². The van der Waals surface area contributed by atoms with Gasteiger partial charge in [-0.3, -0.25) is 4.79 Å². The number of nitrogens with two attached hydrogens (primary N) is 1. The van der Waals surface area contributed by atoms with Crippen LogP contribution in [-0.4, -0.2) is 19.1 Å². The number of hydrogen-bond donors (Lipinski definition) is 1. The summed E-state index contributed by atoms with van der Waals surface area (Å²) in [5, 5.41) is 10.4. The van der Waals surface area contributed by atoms with Gasteiger partial charge in [-0.2, -0.15) is 5.26 Å². The summed E-state index contributed by atoms with van der Waals surface area (Å²) in [7, 11) is 1.30. The molecule has 0 bridgehead atoms. The molecule has 0 radical (unpaired) electrons. The minimum absolute atomic E-state index is 0.408. The van der Waals surface area contributed by atoms with Crippen LogP contribution < -0.4 is 5.73 Å². The van der Waals surface area contributed by atoms with Crippen molar-refractivity contribution in [3.05, 3.63) is 21.9 Å². The number of carbonyl (C=O) groups is 1. The van der Waals surface area contributed by atoms with E-state index in [1.165, 1.54) is 18.4 Å². The zero-order chi connectivity index (χ0) is 10.6. The highest BCUT2D eigenvalue weighted by atomic mass is 32.1. The van der Waals surface area contributed by atoms with Gasteiger partial charge in [-0.15, -0.1) is 11.3 Å². The van der Waals surface area contributed by atoms with Crippen LogP contribution in [0.1, 0.15) is 10.4 Å². The molecule has 4 nitrogen and oxygen atoms in total. The van der Waals surface area contributed by atoms with E-state index in [0.717, 1.165) is 5.56 Å². The minimum atomic E-state index is -0.652. The third kappa shape index (κ3) is 2.55. The van der Waals surface area contributed by atoms with E-state index in [4.69, 9.17) is 11.0 Å². The fourth-order valence-electron chi connectivity index (χ4n) is 1.03. The number of nitrogens with zero attached hydrogens (tertiary/aromatic N) is 1. The fraction of sp³-hybridized carbons (Fsp3) is 0.333. The van der Waals surface area contributed by atoms with Gasteiger partial charge in [-0.05, 0) is 23.4 Å². The zero-order valence-electron chi connectivity index (χ0n) is 7.69. The molecule has 1 rings (SSSR count). The van der Waals surface area contributed by atoms with Crippen LogP contribution in [0, 0.1) is 11.3 Å². The molecule has 2 N–H and O–H groups in total. The molecule has 0 aliphatic rings. The molecule has 0 fully saturated rings. The number of rotatable bonds is 3. The van der Waals surface area contributed by atoms with Crippen LogP contribution in [0.2, 0.25) is 0 Å². The molecule has 1 aromatic rings. The lowest BCUT2D eigenvalue weighted by Crippen LogP contribution is -2.33. The van der Waals surface area contributed by atoms with Crippen molar-refractivity contribution < 1.29 is 9.53 Å². The standard InChI is InChI=1S/C9H10N2O2S/c1-13-9(12)8(11)3-6-2-7(4-10)14-5-6/h2,5,8H,3,11H2,1H3/t8-/m0/s1. The third-order valence-electron chi connectivity index (χ3n) is 1.72. The minimum Gasteiger partial charge on any atom is -0.468 e. The van der Waals surface area contributed by atoms with Crippen molar-refractivity contribution in [1.29, 1.82) is 5.26 Å². The van der Waals surface area contributed by atoms with Crippen LogP contribution in [0.15, 0.2) is 11.4 Å². The Morgan fingerprint density at radius 2 is 2.57 bits per heavy atom. The maximum atomic E-state index is 11.0. The van der Waals surface area contributed by atoms with Crippen molar-refractivity contribution in [2.45, 2.75) is 12.5 Å². The first-order chi connectivity index (χ1) is 6.67. The van der Waals surface area contributed by atoms with Gasteiger partial charge in [0.15, 0.2) is 0 Å². The van der Waals surface area contributed by atoms with E-state index >= 15 is 0 Å². The molecule has 1 aromatic heterocycles. The van der Waals surface area contributed by atoms with E-state index < -0.39 is 12.0 Å². The van der Waals surface area contributed by atoms with E-state index in [0.29, 0.717) is 11.3 Å². The Kier molecular flexibility index (Phi) is 3.63. The highest BCUT2D eigenvalue weighted by Crippen LogP contribution is 2.14. The number of thiophene rings is 1. The van der Waals surface area contributed by atoms with Gasteiger partial charge in [-0.1, -0.05) is 0 Å². The van der Waals surface area contributed by atoms with Gasteiger partial charge in [0, 0.05) is 0 Å². The van der Waals surface area contributed by atoms with E-state index in [9.17, 15) is 4.79 Å². The van der Waals surface area contributed by atoms with Gasteiger partial charge in [0.1, 0.15) is 17.0 Å². The van der Waals surface area contributed by atoms with Crippen molar-refractivity contribution >= 4 is 17.3 Å². The normalized spacial score (nSPS) is 11.8. The van der Waals surface area contributed by atoms with Gasteiger partial charge >= 0.3 is 5.97 Å². The summed E-state index contributed by atoms with van der Waals surface area (Å²) >= 11 is 1.34. The average Bonchev–Trinajstić information content (AvgIpc) is 2.64. The van der Waals surface area contributed by atoms with Crippen LogP contribution in [0.3, 0.4) is 0 Å². The summed E-state index contributed by atoms with van der Waals surface area (Å²) in [5.74, 6) is -0.435. The van der Waals surface area contributed by atoms with Gasteiger partial charge in [-0.25, -0.2) is 0 Å². The molecule has 14 heavy (non-hydrogen) atoms. The molecule has 0 aliphatic carbocycles. The van der Waals surface area contributed by atoms with Crippen LogP contribution >= 0.6 is 11.3 Å². The van der Waals surface area contributed by atoms with Crippen LogP contribution in [0.5, 0.6) is 0 Å². The molecule has 1 heterocycles. The van der Waals surface area contributed by atoms with Crippen LogP contribution in [0.25, 0.3) is 0 Å². The Balaban J connectivity index is 2.61. The number of esters is 1. The molecule has 0 aliphatic heterocycles. The summed E-state index contributed by atoms with van der Waals surface area (Å²) in [5.41, 5.74) is 6.45. The van der Waals surface area contributed by atoms with Crippen LogP contribution in [0.4, 0.5) is 0 Å². The maximum Gasteiger partial charge on any atom is 0.322 e. The Morgan fingerprint density at radius 1 is 1.86 bits per heavy atom. The maximum absolute atomic E-state index is 11.0. The lowest BCUT2D eigenvalue weighted by atomic mass is 10.1. The summed E-state index contributed by atoms with van der Waals surface area (Å²) in [6.07, 6.45) is 0.408. The first-order valence-electron chi connectivity index (χ1n) is 3.98. The quantitative estimate of drug-likeness (QED) is 0.744. The van der Waals surface area contributed by atoms with Crippen LogP contribution in [-0.2, 0) is 16.0 Å². The van der Waals surface area contributed by atoms with Crippen molar-refractivity contribution in [2.24, 2.45) is 5.73 Å². The molecular formula is C9H10N2O2S. The Morgan fingerprint density at radius 3 is 3.07 bits per heavy atom. The summed E-state index contributed by atoms with van der Waals surface area (Å²) < 4.78 is 4.49. The fourth-order valence-corrected chi connectivity index (χ4v) is 1.74. The second-order valence-corrected chi connectivity index (χ2v) is 3.68. The number of methoxy groups -OCH3 is 1. The molecule has 5 heteroatoms. The van der Waals surface area contributed by atoms with E-state index in [-0.39, 0.29) is 0 Å². The lowest BCUT2D eigenvalue weighted by Gasteiger charge is -2.06. The number of hydrogen-bond acceptors (Lipinski definition) is 5. The van der Waals surface area contributed by atoms with Gasteiger partial charge in [0.25, 0.3) is 0 Å². The molecule has 74 valence electrons. The lowest BCUT2D eigenvalue weighted by molar-refractivity contribution is -0.142. The summed E-state index contributed by atoms with van der Waals surface area (Å²) in [6, 6.07) is 3.10. The Hall–Kier alpha value is -1.38. The number of ether oxygens (including phenoxy) is 1. The third-order valence-corrected chi connectivity index (χ3v) is 2.61. The number of carbonyl (C=O) groups excluding carboxylic acids is 1. The van der Waals surface area contributed by atoms with Gasteiger partial charge < -0.3 is 10.5 Å². The highest BCUT2D eigenvalue weighted by Gasteiger charge is 2.14. The average molecular weight is 210 g/mol. The van der Waals surface area contributed by atoms with Crippen molar-refractivity contribution in [3.8, 4) is 6.07 Å². The zero-order valence-corrected chi connectivity index (χ0v) is 8.50. The highest BCUT2D eigenvalue weighted by molar-refractivity contribution is 7.10. The molecular weight excluding hydrogens is 200 g/mol.